The van der Waals surface area contributed by atoms with Crippen LogP contribution in [0.15, 0.2) is 29.2 Å². The predicted octanol–water partition coefficient (Wildman–Crippen LogP) is 3.20. The Morgan fingerprint density at radius 2 is 1.91 bits per heavy atom. The minimum absolute atomic E-state index is 0.0892. The van der Waals surface area contributed by atoms with E-state index in [2.05, 4.69) is 4.72 Å². The van der Waals surface area contributed by atoms with E-state index in [1.165, 1.54) is 0 Å². The molecule has 22 heavy (non-hydrogen) atoms. The molecule has 122 valence electrons. The molecule has 1 aliphatic rings. The zero-order valence-corrected chi connectivity index (χ0v) is 14.4. The summed E-state index contributed by atoms with van der Waals surface area (Å²) in [5.41, 5.74) is 0.457. The SMILES string of the molecule is CC[C@@]1(C(C)=O)CCCC[C@@H]1NS(=O)(=O)c1ccc(C)cc1. The summed E-state index contributed by atoms with van der Waals surface area (Å²) in [4.78, 5) is 12.5. The maximum Gasteiger partial charge on any atom is 0.240 e. The van der Waals surface area contributed by atoms with Crippen molar-refractivity contribution in [2.75, 3.05) is 0 Å². The van der Waals surface area contributed by atoms with Crippen LogP contribution in [0.5, 0.6) is 0 Å². The summed E-state index contributed by atoms with van der Waals surface area (Å²) in [6.07, 6.45) is 4.09. The van der Waals surface area contributed by atoms with Gasteiger partial charge in [-0.1, -0.05) is 37.5 Å². The largest absolute Gasteiger partial charge is 0.299 e. The monoisotopic (exact) mass is 323 g/mol. The van der Waals surface area contributed by atoms with Gasteiger partial charge >= 0.3 is 0 Å². The van der Waals surface area contributed by atoms with E-state index in [4.69, 9.17) is 0 Å². The number of benzene rings is 1. The Morgan fingerprint density at radius 3 is 2.45 bits per heavy atom. The molecular weight excluding hydrogens is 298 g/mol. The van der Waals surface area contributed by atoms with E-state index >= 15 is 0 Å². The zero-order chi connectivity index (χ0) is 16.4. The molecule has 0 radical (unpaired) electrons. The van der Waals surface area contributed by atoms with Crippen LogP contribution in [0.4, 0.5) is 0 Å². The molecule has 1 saturated carbocycles. The van der Waals surface area contributed by atoms with Gasteiger partial charge in [0, 0.05) is 11.5 Å². The Kier molecular flexibility index (Phi) is 5.07. The molecule has 0 aromatic heterocycles. The molecule has 0 amide bonds. The summed E-state index contributed by atoms with van der Waals surface area (Å²) < 4.78 is 28.0. The van der Waals surface area contributed by atoms with Gasteiger partial charge in [0.15, 0.2) is 0 Å². The summed E-state index contributed by atoms with van der Waals surface area (Å²) in [7, 11) is -3.59. The van der Waals surface area contributed by atoms with E-state index in [0.717, 1.165) is 31.2 Å². The van der Waals surface area contributed by atoms with Gasteiger partial charge in [0.25, 0.3) is 0 Å². The lowest BCUT2D eigenvalue weighted by Crippen LogP contribution is -2.52. The Hall–Kier alpha value is -1.20. The van der Waals surface area contributed by atoms with Gasteiger partial charge < -0.3 is 0 Å². The molecule has 0 bridgehead atoms. The molecule has 4 nitrogen and oxygen atoms in total. The van der Waals surface area contributed by atoms with E-state index < -0.39 is 15.4 Å². The third-order valence-electron chi connectivity index (χ3n) is 4.99. The second kappa shape index (κ2) is 6.50. The number of ketones is 1. The number of rotatable bonds is 5. The predicted molar refractivity (Wildman–Crippen MR) is 87.2 cm³/mol. The highest BCUT2D eigenvalue weighted by molar-refractivity contribution is 7.89. The topological polar surface area (TPSA) is 63.2 Å². The normalized spacial score (nSPS) is 25.9. The van der Waals surface area contributed by atoms with Gasteiger partial charge in [-0.15, -0.1) is 0 Å². The van der Waals surface area contributed by atoms with Gasteiger partial charge in [-0.3, -0.25) is 4.79 Å². The Balaban J connectivity index is 2.30. The van der Waals surface area contributed by atoms with Gasteiger partial charge in [-0.2, -0.15) is 0 Å². The van der Waals surface area contributed by atoms with Crippen LogP contribution in [0, 0.1) is 12.3 Å². The second-order valence-electron chi connectivity index (χ2n) is 6.30. The molecule has 1 aromatic rings. The Bertz CT molecular complexity index is 636. The van der Waals surface area contributed by atoms with Crippen LogP contribution in [0.3, 0.4) is 0 Å². The number of nitrogens with one attached hydrogen (secondary N) is 1. The van der Waals surface area contributed by atoms with E-state index in [9.17, 15) is 13.2 Å². The van der Waals surface area contributed by atoms with Crippen LogP contribution < -0.4 is 4.72 Å². The summed E-state index contributed by atoms with van der Waals surface area (Å²) in [6, 6.07) is 6.49. The van der Waals surface area contributed by atoms with Crippen molar-refractivity contribution in [2.24, 2.45) is 5.41 Å². The number of hydrogen-bond acceptors (Lipinski definition) is 3. The van der Waals surface area contributed by atoms with E-state index in [0.29, 0.717) is 6.42 Å². The fourth-order valence-electron chi connectivity index (χ4n) is 3.48. The zero-order valence-electron chi connectivity index (χ0n) is 13.6. The number of Topliss-reactive ketones (excluding diaryl/α,β-unsaturated/α-hetero) is 1. The van der Waals surface area contributed by atoms with Crippen molar-refractivity contribution in [3.8, 4) is 0 Å². The smallest absolute Gasteiger partial charge is 0.240 e. The van der Waals surface area contributed by atoms with Gasteiger partial charge in [0.05, 0.1) is 4.90 Å². The van der Waals surface area contributed by atoms with Gasteiger partial charge in [0.2, 0.25) is 10.0 Å². The molecule has 0 heterocycles. The third-order valence-corrected chi connectivity index (χ3v) is 6.48. The fourth-order valence-corrected chi connectivity index (χ4v) is 4.83. The maximum atomic E-state index is 12.6. The minimum atomic E-state index is -3.59. The molecule has 1 aliphatic carbocycles. The Labute approximate surface area is 133 Å². The van der Waals surface area contributed by atoms with Gasteiger partial charge in [-0.25, -0.2) is 13.1 Å². The van der Waals surface area contributed by atoms with E-state index in [-0.39, 0.29) is 16.7 Å². The first kappa shape index (κ1) is 17.2. The first-order valence-electron chi connectivity index (χ1n) is 7.92. The molecule has 1 N–H and O–H groups in total. The quantitative estimate of drug-likeness (QED) is 0.905. The van der Waals surface area contributed by atoms with Crippen LogP contribution in [0.25, 0.3) is 0 Å². The summed E-state index contributed by atoms with van der Waals surface area (Å²) >= 11 is 0. The molecule has 2 rings (SSSR count). The minimum Gasteiger partial charge on any atom is -0.299 e. The number of aryl methyl sites for hydroxylation is 1. The summed E-state index contributed by atoms with van der Waals surface area (Å²) in [6.45, 7) is 5.48. The standard InChI is InChI=1S/C17H25NO3S/c1-4-17(14(3)19)12-6-5-7-16(17)18-22(20,21)15-10-8-13(2)9-11-15/h8-11,16,18H,4-7,12H2,1-3H3/t16-,17-/m0/s1. The molecule has 1 fully saturated rings. The highest BCUT2D eigenvalue weighted by Gasteiger charge is 2.44. The van der Waals surface area contributed by atoms with Crippen molar-refractivity contribution in [3.63, 3.8) is 0 Å². The van der Waals surface area contributed by atoms with E-state index in [1.54, 1.807) is 31.2 Å². The number of carbonyl (C=O) groups excluding carboxylic acids is 1. The summed E-state index contributed by atoms with van der Waals surface area (Å²) in [5, 5.41) is 0. The van der Waals surface area contributed by atoms with Gasteiger partial charge in [0.1, 0.15) is 5.78 Å². The molecule has 0 spiro atoms. The first-order chi connectivity index (χ1) is 10.3. The highest BCUT2D eigenvalue weighted by atomic mass is 32.2. The fraction of sp³-hybridized carbons (Fsp3) is 0.588. The van der Waals surface area contributed by atoms with Crippen molar-refractivity contribution in [3.05, 3.63) is 29.8 Å². The average molecular weight is 323 g/mol. The average Bonchev–Trinajstić information content (AvgIpc) is 2.47. The molecule has 0 aliphatic heterocycles. The molecule has 5 heteroatoms. The van der Waals surface area contributed by atoms with Crippen LogP contribution in [0.2, 0.25) is 0 Å². The molecule has 2 atom stereocenters. The van der Waals surface area contributed by atoms with Crippen molar-refractivity contribution in [2.45, 2.75) is 63.8 Å². The van der Waals surface area contributed by atoms with Crippen molar-refractivity contribution in [1.82, 2.24) is 4.72 Å². The van der Waals surface area contributed by atoms with Crippen molar-refractivity contribution >= 4 is 15.8 Å². The Morgan fingerprint density at radius 1 is 1.27 bits per heavy atom. The summed E-state index contributed by atoms with van der Waals surface area (Å²) in [5.74, 6) is 0.0892. The maximum absolute atomic E-state index is 12.6. The molecule has 0 unspecified atom stereocenters. The molecule has 0 saturated heterocycles. The van der Waals surface area contributed by atoms with Gasteiger partial charge in [-0.05, 0) is 45.2 Å². The molecular formula is C17H25NO3S. The van der Waals surface area contributed by atoms with Crippen molar-refractivity contribution in [1.29, 1.82) is 0 Å². The van der Waals surface area contributed by atoms with Crippen LogP contribution in [0.1, 0.15) is 51.5 Å². The lowest BCUT2D eigenvalue weighted by molar-refractivity contribution is -0.129. The van der Waals surface area contributed by atoms with Crippen LogP contribution in [-0.2, 0) is 14.8 Å². The number of sulfonamides is 1. The van der Waals surface area contributed by atoms with E-state index in [1.807, 2.05) is 13.8 Å². The van der Waals surface area contributed by atoms with Crippen LogP contribution >= 0.6 is 0 Å². The first-order valence-corrected chi connectivity index (χ1v) is 9.40. The van der Waals surface area contributed by atoms with Crippen molar-refractivity contribution < 1.29 is 13.2 Å². The number of carbonyl (C=O) groups is 1. The van der Waals surface area contributed by atoms with Crippen LogP contribution in [-0.4, -0.2) is 20.2 Å². The third kappa shape index (κ3) is 3.25. The molecule has 1 aromatic carbocycles. The highest BCUT2D eigenvalue weighted by Crippen LogP contribution is 2.40. The second-order valence-corrected chi connectivity index (χ2v) is 8.01. The lowest BCUT2D eigenvalue weighted by atomic mass is 9.66. The number of hydrogen-bond donors (Lipinski definition) is 1. The lowest BCUT2D eigenvalue weighted by Gasteiger charge is -2.42.